The largest absolute Gasteiger partial charge is 0.347 e. The number of amides is 1. The van der Waals surface area contributed by atoms with Crippen LogP contribution in [0.15, 0.2) is 36.8 Å². The minimum absolute atomic E-state index is 0.0897. The van der Waals surface area contributed by atoms with Gasteiger partial charge in [0.25, 0.3) is 0 Å². The molecular formula is C18H20F2N4O. The number of halogens is 2. The third kappa shape index (κ3) is 3.11. The van der Waals surface area contributed by atoms with E-state index in [0.717, 1.165) is 12.5 Å². The van der Waals surface area contributed by atoms with Gasteiger partial charge in [0.15, 0.2) is 11.6 Å². The highest BCUT2D eigenvalue weighted by Gasteiger charge is 2.50. The highest BCUT2D eigenvalue weighted by atomic mass is 19.2. The van der Waals surface area contributed by atoms with Crippen LogP contribution in [0.2, 0.25) is 0 Å². The number of rotatable bonds is 4. The summed E-state index contributed by atoms with van der Waals surface area (Å²) in [4.78, 5) is 25.1. The molecule has 1 aliphatic heterocycles. The number of carbonyl (C=O) groups excluding carboxylic acids is 1. The molecule has 2 aromatic rings. The molecule has 3 rings (SSSR count). The highest BCUT2D eigenvalue weighted by Crippen LogP contribution is 2.40. The van der Waals surface area contributed by atoms with Crippen LogP contribution >= 0.6 is 0 Å². The van der Waals surface area contributed by atoms with Crippen LogP contribution in [0.4, 0.5) is 8.78 Å². The number of likely N-dealkylation sites (tertiary alicyclic amines) is 1. The van der Waals surface area contributed by atoms with E-state index in [1.165, 1.54) is 17.0 Å². The lowest BCUT2D eigenvalue weighted by Crippen LogP contribution is -2.52. The Kier molecular flexibility index (Phi) is 4.76. The van der Waals surface area contributed by atoms with E-state index in [4.69, 9.17) is 0 Å². The Morgan fingerprint density at radius 1 is 1.28 bits per heavy atom. The molecule has 25 heavy (non-hydrogen) atoms. The zero-order chi connectivity index (χ0) is 18.0. The van der Waals surface area contributed by atoms with Gasteiger partial charge in [0.2, 0.25) is 5.91 Å². The van der Waals surface area contributed by atoms with Crippen LogP contribution in [0.25, 0.3) is 0 Å². The molecule has 0 spiro atoms. The van der Waals surface area contributed by atoms with E-state index in [1.807, 2.05) is 4.90 Å². The number of hydrogen-bond acceptors (Lipinski definition) is 4. The first-order valence-electron chi connectivity index (χ1n) is 8.12. The van der Waals surface area contributed by atoms with Crippen LogP contribution in [0.5, 0.6) is 0 Å². The minimum atomic E-state index is -0.942. The lowest BCUT2D eigenvalue weighted by atomic mass is 9.90. The Morgan fingerprint density at radius 3 is 2.72 bits per heavy atom. The maximum atomic E-state index is 13.6. The van der Waals surface area contributed by atoms with E-state index in [-0.39, 0.29) is 5.91 Å². The van der Waals surface area contributed by atoms with E-state index in [0.29, 0.717) is 30.8 Å². The van der Waals surface area contributed by atoms with Gasteiger partial charge < -0.3 is 4.90 Å². The SMILES string of the molecule is CN(C)C(=O)C1(c2cnccn2)CCCN1Cc1ccc(F)c(F)c1. The number of nitrogens with zero attached hydrogens (tertiary/aromatic N) is 4. The molecule has 0 bridgehead atoms. The number of benzene rings is 1. The van der Waals surface area contributed by atoms with E-state index in [9.17, 15) is 13.6 Å². The fourth-order valence-electron chi connectivity index (χ4n) is 3.47. The van der Waals surface area contributed by atoms with E-state index in [1.54, 1.807) is 32.7 Å². The second-order valence-corrected chi connectivity index (χ2v) is 6.42. The lowest BCUT2D eigenvalue weighted by Gasteiger charge is -2.38. The summed E-state index contributed by atoms with van der Waals surface area (Å²) in [5.74, 6) is -1.86. The van der Waals surface area contributed by atoms with Gasteiger partial charge >= 0.3 is 0 Å². The van der Waals surface area contributed by atoms with Crippen LogP contribution in [-0.2, 0) is 16.9 Å². The average molecular weight is 346 g/mol. The molecule has 1 aliphatic rings. The molecule has 0 radical (unpaired) electrons. The molecule has 1 atom stereocenters. The molecule has 1 aromatic carbocycles. The molecule has 132 valence electrons. The molecule has 0 N–H and O–H groups in total. The quantitative estimate of drug-likeness (QED) is 0.853. The smallest absolute Gasteiger partial charge is 0.248 e. The summed E-state index contributed by atoms with van der Waals surface area (Å²) in [7, 11) is 3.41. The van der Waals surface area contributed by atoms with Gasteiger partial charge in [0.1, 0.15) is 5.54 Å². The Balaban J connectivity index is 2.01. The lowest BCUT2D eigenvalue weighted by molar-refractivity contribution is -0.141. The zero-order valence-corrected chi connectivity index (χ0v) is 14.2. The molecule has 0 saturated carbocycles. The van der Waals surface area contributed by atoms with E-state index < -0.39 is 17.2 Å². The van der Waals surface area contributed by atoms with Crippen molar-refractivity contribution in [2.75, 3.05) is 20.6 Å². The maximum Gasteiger partial charge on any atom is 0.248 e. The monoisotopic (exact) mass is 346 g/mol. The topological polar surface area (TPSA) is 49.3 Å². The predicted octanol–water partition coefficient (Wildman–Crippen LogP) is 2.33. The van der Waals surface area contributed by atoms with Gasteiger partial charge in [-0.05, 0) is 37.1 Å². The first-order valence-corrected chi connectivity index (χ1v) is 8.12. The number of likely N-dealkylation sites (N-methyl/N-ethyl adjacent to an activating group) is 1. The predicted molar refractivity (Wildman–Crippen MR) is 88.4 cm³/mol. The Labute approximate surface area is 145 Å². The van der Waals surface area contributed by atoms with Gasteiger partial charge in [0.05, 0.1) is 11.9 Å². The van der Waals surface area contributed by atoms with E-state index in [2.05, 4.69) is 9.97 Å². The maximum absolute atomic E-state index is 13.6. The van der Waals surface area contributed by atoms with Gasteiger partial charge in [-0.3, -0.25) is 19.7 Å². The normalized spacial score (nSPS) is 20.6. The molecule has 2 heterocycles. The third-order valence-electron chi connectivity index (χ3n) is 4.61. The molecule has 1 unspecified atom stereocenters. The van der Waals surface area contributed by atoms with Crippen LogP contribution in [0, 0.1) is 11.6 Å². The second kappa shape index (κ2) is 6.84. The first-order chi connectivity index (χ1) is 11.9. The Hall–Kier alpha value is -2.41. The van der Waals surface area contributed by atoms with Crippen molar-refractivity contribution in [3.05, 3.63) is 59.7 Å². The van der Waals surface area contributed by atoms with Gasteiger partial charge in [-0.1, -0.05) is 6.07 Å². The molecular weight excluding hydrogens is 326 g/mol. The van der Waals surface area contributed by atoms with Gasteiger partial charge in [-0.25, -0.2) is 8.78 Å². The van der Waals surface area contributed by atoms with Crippen molar-refractivity contribution < 1.29 is 13.6 Å². The summed E-state index contributed by atoms with van der Waals surface area (Å²) in [6.45, 7) is 0.989. The third-order valence-corrected chi connectivity index (χ3v) is 4.61. The molecule has 0 aliphatic carbocycles. The van der Waals surface area contributed by atoms with Crippen molar-refractivity contribution >= 4 is 5.91 Å². The minimum Gasteiger partial charge on any atom is -0.347 e. The van der Waals surface area contributed by atoms with Crippen molar-refractivity contribution in [1.29, 1.82) is 0 Å². The van der Waals surface area contributed by atoms with Crippen molar-refractivity contribution in [2.24, 2.45) is 0 Å². The summed E-state index contributed by atoms with van der Waals surface area (Å²) in [6, 6.07) is 3.83. The first kappa shape index (κ1) is 17.4. The van der Waals surface area contributed by atoms with E-state index >= 15 is 0 Å². The van der Waals surface area contributed by atoms with Crippen LogP contribution in [0.1, 0.15) is 24.1 Å². The molecule has 1 amide bonds. The highest BCUT2D eigenvalue weighted by molar-refractivity contribution is 5.87. The number of aromatic nitrogens is 2. The molecule has 1 aromatic heterocycles. The average Bonchev–Trinajstić information content (AvgIpc) is 3.02. The fourth-order valence-corrected chi connectivity index (χ4v) is 3.47. The van der Waals surface area contributed by atoms with Crippen molar-refractivity contribution in [3.63, 3.8) is 0 Å². The number of hydrogen-bond donors (Lipinski definition) is 0. The standard InChI is InChI=1S/C18H20F2N4O/c1-23(2)17(25)18(16-11-21-7-8-22-16)6-3-9-24(18)12-13-4-5-14(19)15(20)10-13/h4-5,7-8,10-11H,3,6,9,12H2,1-2H3. The number of carbonyl (C=O) groups is 1. The van der Waals surface area contributed by atoms with Gasteiger partial charge in [-0.2, -0.15) is 0 Å². The van der Waals surface area contributed by atoms with Crippen LogP contribution < -0.4 is 0 Å². The second-order valence-electron chi connectivity index (χ2n) is 6.42. The summed E-state index contributed by atoms with van der Waals surface area (Å²) in [5.41, 5.74) is 0.247. The van der Waals surface area contributed by atoms with Crippen molar-refractivity contribution in [2.45, 2.75) is 24.9 Å². The van der Waals surface area contributed by atoms with Gasteiger partial charge in [0, 0.05) is 33.0 Å². The summed E-state index contributed by atoms with van der Waals surface area (Å²) < 4.78 is 26.8. The fraction of sp³-hybridized carbons (Fsp3) is 0.389. The Morgan fingerprint density at radius 2 is 2.08 bits per heavy atom. The molecule has 7 heteroatoms. The summed E-state index contributed by atoms with van der Waals surface area (Å²) >= 11 is 0. The molecule has 5 nitrogen and oxygen atoms in total. The zero-order valence-electron chi connectivity index (χ0n) is 14.2. The summed E-state index contributed by atoms with van der Waals surface area (Å²) in [6.07, 6.45) is 6.14. The Bertz CT molecular complexity index is 769. The molecule has 1 saturated heterocycles. The summed E-state index contributed by atoms with van der Waals surface area (Å²) in [5, 5.41) is 0. The van der Waals surface area contributed by atoms with Gasteiger partial charge in [-0.15, -0.1) is 0 Å². The van der Waals surface area contributed by atoms with Crippen molar-refractivity contribution in [1.82, 2.24) is 19.8 Å². The van der Waals surface area contributed by atoms with Crippen molar-refractivity contribution in [3.8, 4) is 0 Å². The molecule has 1 fully saturated rings. The van der Waals surface area contributed by atoms with Crippen LogP contribution in [-0.4, -0.2) is 46.3 Å². The van der Waals surface area contributed by atoms with Crippen LogP contribution in [0.3, 0.4) is 0 Å².